The van der Waals surface area contributed by atoms with Crippen LogP contribution in [0.3, 0.4) is 0 Å². The predicted molar refractivity (Wildman–Crippen MR) is 134 cm³/mol. The lowest BCUT2D eigenvalue weighted by molar-refractivity contribution is -0.138. The molecule has 33 heavy (non-hydrogen) atoms. The molecule has 0 saturated carbocycles. The molecule has 0 saturated heterocycles. The first-order valence-corrected chi connectivity index (χ1v) is 12.1. The monoisotopic (exact) mass is 485 g/mol. The molecule has 0 radical (unpaired) electrons. The van der Waals surface area contributed by atoms with Crippen molar-refractivity contribution in [3.63, 3.8) is 0 Å². The molecule has 3 rings (SSSR count). The van der Waals surface area contributed by atoms with Gasteiger partial charge in [0.15, 0.2) is 0 Å². The number of carbonyl (C=O) groups excluding carboxylic acids is 1. The number of thioether (sulfide) groups is 1. The maximum Gasteiger partial charge on any atom is 0.319 e. The summed E-state index contributed by atoms with van der Waals surface area (Å²) in [6.07, 6.45) is 4.92. The van der Waals surface area contributed by atoms with Crippen LogP contribution in [0.2, 0.25) is 5.02 Å². The Kier molecular flexibility index (Phi) is 8.21. The van der Waals surface area contributed by atoms with E-state index in [0.717, 1.165) is 36.3 Å². The van der Waals surface area contributed by atoms with Gasteiger partial charge in [0.1, 0.15) is 16.3 Å². The van der Waals surface area contributed by atoms with Crippen molar-refractivity contribution in [2.24, 2.45) is 0 Å². The van der Waals surface area contributed by atoms with E-state index in [4.69, 9.17) is 11.6 Å². The first-order chi connectivity index (χ1) is 15.7. The second-order valence-corrected chi connectivity index (χ2v) is 10.3. The van der Waals surface area contributed by atoms with E-state index >= 15 is 0 Å². The van der Waals surface area contributed by atoms with Crippen LogP contribution in [0.4, 0.5) is 5.69 Å². The number of aromatic nitrogens is 2. The Morgan fingerprint density at radius 3 is 2.45 bits per heavy atom. The maximum atomic E-state index is 12.9. The molecule has 1 amide bonds. The number of nitrogens with zero attached hydrogens (tertiary/aromatic N) is 2. The third kappa shape index (κ3) is 6.39. The van der Waals surface area contributed by atoms with Gasteiger partial charge in [-0.15, -0.1) is 11.8 Å². The summed E-state index contributed by atoms with van der Waals surface area (Å²) in [6.45, 7) is 6.25. The number of imidazole rings is 1. The van der Waals surface area contributed by atoms with Crippen LogP contribution in [0.15, 0.2) is 59.6 Å². The zero-order valence-corrected chi connectivity index (χ0v) is 20.5. The summed E-state index contributed by atoms with van der Waals surface area (Å²) in [6, 6.07) is 14.7. The lowest BCUT2D eigenvalue weighted by Gasteiger charge is -2.18. The highest BCUT2D eigenvalue weighted by molar-refractivity contribution is 8.01. The summed E-state index contributed by atoms with van der Waals surface area (Å²) >= 11 is 7.46. The number of unbranched alkanes of at least 4 members (excludes halogenated alkanes) is 2. The fourth-order valence-electron chi connectivity index (χ4n) is 3.22. The average molecular weight is 486 g/mol. The lowest BCUT2D eigenvalue weighted by Crippen LogP contribution is -2.26. The fraction of sp³-hybridized carbons (Fsp3) is 0.320. The van der Waals surface area contributed by atoms with E-state index in [-0.39, 0.29) is 5.91 Å². The quantitative estimate of drug-likeness (QED) is 0.249. The van der Waals surface area contributed by atoms with Crippen molar-refractivity contribution >= 4 is 40.9 Å². The van der Waals surface area contributed by atoms with E-state index in [0.29, 0.717) is 22.2 Å². The molecular weight excluding hydrogens is 458 g/mol. The Morgan fingerprint density at radius 2 is 1.82 bits per heavy atom. The number of halogens is 1. The molecule has 8 heteroatoms. The van der Waals surface area contributed by atoms with Crippen molar-refractivity contribution in [1.29, 1.82) is 0 Å². The molecule has 6 nitrogen and oxygen atoms in total. The largest absolute Gasteiger partial charge is 0.480 e. The van der Waals surface area contributed by atoms with Crippen LogP contribution < -0.4 is 5.32 Å². The van der Waals surface area contributed by atoms with E-state index in [2.05, 4.69) is 17.2 Å². The fourth-order valence-corrected chi connectivity index (χ4v) is 4.35. The van der Waals surface area contributed by atoms with Crippen LogP contribution in [0.1, 0.15) is 50.5 Å². The first kappa shape index (κ1) is 24.9. The number of hydrogen-bond donors (Lipinski definition) is 2. The molecule has 0 fully saturated rings. The van der Waals surface area contributed by atoms with Crippen LogP contribution in [-0.4, -0.2) is 31.3 Å². The number of rotatable bonds is 10. The number of carbonyl (C=O) groups is 2. The van der Waals surface area contributed by atoms with E-state index < -0.39 is 10.7 Å². The topological polar surface area (TPSA) is 84.2 Å². The maximum absolute atomic E-state index is 12.9. The first-order valence-electron chi connectivity index (χ1n) is 10.9. The standard InChI is InChI=1S/C25H28ClN3O3S/c1-4-5-8-15-29-16-21(23(30)28-20-10-7-6-9-19(20)26)27-22(29)17-11-13-18(14-12-17)33-25(2,3)24(31)32/h6-7,9-14,16H,4-5,8,15H2,1-3H3,(H,28,30)(H,31,32). The van der Waals surface area contributed by atoms with Gasteiger partial charge in [-0.1, -0.05) is 55.6 Å². The second-order valence-electron chi connectivity index (χ2n) is 8.23. The number of aryl methyl sites for hydroxylation is 1. The van der Waals surface area contributed by atoms with Crippen molar-refractivity contribution in [3.8, 4) is 11.4 Å². The highest BCUT2D eigenvalue weighted by atomic mass is 35.5. The number of benzene rings is 2. The molecule has 0 spiro atoms. The number of hydrogen-bond acceptors (Lipinski definition) is 4. The van der Waals surface area contributed by atoms with Crippen molar-refractivity contribution < 1.29 is 14.7 Å². The molecule has 2 N–H and O–H groups in total. The van der Waals surface area contributed by atoms with Crippen molar-refractivity contribution in [2.75, 3.05) is 5.32 Å². The molecule has 0 atom stereocenters. The van der Waals surface area contributed by atoms with Crippen LogP contribution in [0.25, 0.3) is 11.4 Å². The molecule has 0 aliphatic rings. The Hall–Kier alpha value is -2.77. The Labute approximate surface area is 203 Å². The molecule has 0 aliphatic heterocycles. The minimum Gasteiger partial charge on any atom is -0.480 e. The number of aliphatic carboxylic acids is 1. The van der Waals surface area contributed by atoms with Gasteiger partial charge in [-0.3, -0.25) is 9.59 Å². The van der Waals surface area contributed by atoms with Gasteiger partial charge >= 0.3 is 5.97 Å². The van der Waals surface area contributed by atoms with Crippen LogP contribution >= 0.6 is 23.4 Å². The van der Waals surface area contributed by atoms with E-state index in [9.17, 15) is 14.7 Å². The molecule has 0 aliphatic carbocycles. The van der Waals surface area contributed by atoms with E-state index in [1.807, 2.05) is 34.9 Å². The minimum absolute atomic E-state index is 0.312. The Morgan fingerprint density at radius 1 is 1.12 bits per heavy atom. The number of anilines is 1. The van der Waals surface area contributed by atoms with Gasteiger partial charge in [-0.05, 0) is 44.5 Å². The van der Waals surface area contributed by atoms with Crippen LogP contribution in [-0.2, 0) is 11.3 Å². The number of nitrogens with one attached hydrogen (secondary N) is 1. The van der Waals surface area contributed by atoms with Crippen LogP contribution in [0, 0.1) is 0 Å². The highest BCUT2D eigenvalue weighted by Gasteiger charge is 2.28. The highest BCUT2D eigenvalue weighted by Crippen LogP contribution is 2.34. The smallest absolute Gasteiger partial charge is 0.319 e. The molecule has 0 unspecified atom stereocenters. The normalized spacial score (nSPS) is 11.4. The molecule has 0 bridgehead atoms. The summed E-state index contributed by atoms with van der Waals surface area (Å²) < 4.78 is 1.07. The van der Waals surface area contributed by atoms with Gasteiger partial charge in [0.05, 0.1) is 10.7 Å². The zero-order valence-electron chi connectivity index (χ0n) is 19.0. The second kappa shape index (κ2) is 10.9. The molecule has 1 heterocycles. The molecule has 174 valence electrons. The molecular formula is C25H28ClN3O3S. The third-order valence-electron chi connectivity index (χ3n) is 5.13. The van der Waals surface area contributed by atoms with Gasteiger partial charge in [0, 0.05) is 23.2 Å². The number of carboxylic acids is 1. The molecule has 2 aromatic carbocycles. The van der Waals surface area contributed by atoms with Crippen molar-refractivity contribution in [2.45, 2.75) is 56.2 Å². The van der Waals surface area contributed by atoms with Gasteiger partial charge < -0.3 is 15.0 Å². The zero-order chi connectivity index (χ0) is 24.0. The van der Waals surface area contributed by atoms with E-state index in [1.54, 1.807) is 38.2 Å². The number of amides is 1. The summed E-state index contributed by atoms with van der Waals surface area (Å²) in [5, 5.41) is 12.7. The summed E-state index contributed by atoms with van der Waals surface area (Å²) in [7, 11) is 0. The minimum atomic E-state index is -0.926. The Balaban J connectivity index is 1.86. The predicted octanol–water partition coefficient (Wildman–Crippen LogP) is 6.60. The Bertz CT molecular complexity index is 1130. The average Bonchev–Trinajstić information content (AvgIpc) is 3.20. The van der Waals surface area contributed by atoms with Gasteiger partial charge in [-0.2, -0.15) is 0 Å². The third-order valence-corrected chi connectivity index (χ3v) is 6.66. The van der Waals surface area contributed by atoms with Crippen LogP contribution in [0.5, 0.6) is 0 Å². The number of para-hydroxylation sites is 1. The lowest BCUT2D eigenvalue weighted by atomic mass is 10.2. The van der Waals surface area contributed by atoms with Gasteiger partial charge in [0.2, 0.25) is 0 Å². The summed E-state index contributed by atoms with van der Waals surface area (Å²) in [5.41, 5.74) is 1.71. The summed E-state index contributed by atoms with van der Waals surface area (Å²) in [4.78, 5) is 29.8. The van der Waals surface area contributed by atoms with Gasteiger partial charge in [-0.25, -0.2) is 4.98 Å². The van der Waals surface area contributed by atoms with Crippen molar-refractivity contribution in [1.82, 2.24) is 9.55 Å². The van der Waals surface area contributed by atoms with E-state index in [1.165, 1.54) is 11.8 Å². The SMILES string of the molecule is CCCCCn1cc(C(=O)Nc2ccccc2Cl)nc1-c1ccc(SC(C)(C)C(=O)O)cc1. The number of carboxylic acid groups (broad SMARTS) is 1. The van der Waals surface area contributed by atoms with Crippen molar-refractivity contribution in [3.05, 3.63) is 65.4 Å². The summed E-state index contributed by atoms with van der Waals surface area (Å²) in [5.74, 6) is -0.490. The molecule has 1 aromatic heterocycles. The van der Waals surface area contributed by atoms with Gasteiger partial charge in [0.25, 0.3) is 5.91 Å². The molecule has 3 aromatic rings.